The first kappa shape index (κ1) is 18.0. The molecule has 0 fully saturated rings. The molecule has 4 rings (SSSR count). The van der Waals surface area contributed by atoms with E-state index in [1.165, 1.54) is 11.1 Å². The van der Waals surface area contributed by atoms with E-state index in [4.69, 9.17) is 0 Å². The van der Waals surface area contributed by atoms with Crippen LogP contribution in [-0.4, -0.2) is 10.0 Å². The van der Waals surface area contributed by atoms with Crippen molar-refractivity contribution in [2.45, 2.75) is 12.1 Å². The fourth-order valence-electron chi connectivity index (χ4n) is 3.59. The zero-order valence-electron chi connectivity index (χ0n) is 15.6. The lowest BCUT2D eigenvalue weighted by atomic mass is 9.95. The van der Waals surface area contributed by atoms with Crippen LogP contribution < -0.4 is 0 Å². The summed E-state index contributed by atoms with van der Waals surface area (Å²) in [5.74, 6) is 0. The van der Waals surface area contributed by atoms with Crippen LogP contribution in [-0.2, 0) is 0 Å². The van der Waals surface area contributed by atoms with Crippen LogP contribution in [0.2, 0.25) is 0 Å². The Hall–Kier alpha value is -3.36. The Labute approximate surface area is 166 Å². The second-order valence-electron chi connectivity index (χ2n) is 6.76. The topological polar surface area (TPSA) is 23.5 Å². The number of aliphatic hydroxyl groups excluding tert-OH is 1. The molecule has 0 radical (unpaired) electrons. The van der Waals surface area contributed by atoms with Crippen molar-refractivity contribution in [2.75, 3.05) is 0 Å². The fourth-order valence-corrected chi connectivity index (χ4v) is 3.59. The monoisotopic (exact) mass is 365 g/mol. The predicted molar refractivity (Wildman–Crippen MR) is 114 cm³/mol. The molecule has 2 nitrogen and oxygen atoms in total. The van der Waals surface area contributed by atoms with Gasteiger partial charge in [-0.05, 0) is 28.8 Å². The van der Waals surface area contributed by atoms with Crippen molar-refractivity contribution in [3.05, 3.63) is 144 Å². The van der Waals surface area contributed by atoms with Crippen molar-refractivity contribution < 1.29 is 5.11 Å². The number of hydrogen-bond donors (Lipinski definition) is 1. The van der Waals surface area contributed by atoms with Gasteiger partial charge in [0, 0.05) is 6.20 Å². The van der Waals surface area contributed by atoms with Crippen LogP contribution in [0.15, 0.2) is 127 Å². The van der Waals surface area contributed by atoms with Gasteiger partial charge in [0.15, 0.2) is 0 Å². The molecule has 0 saturated carbocycles. The van der Waals surface area contributed by atoms with Crippen LogP contribution in [0.4, 0.5) is 0 Å². The van der Waals surface area contributed by atoms with Crippen LogP contribution >= 0.6 is 0 Å². The maximum absolute atomic E-state index is 11.2. The van der Waals surface area contributed by atoms with Gasteiger partial charge in [-0.3, -0.25) is 0 Å². The van der Waals surface area contributed by atoms with Crippen LogP contribution in [0.5, 0.6) is 0 Å². The van der Waals surface area contributed by atoms with Crippen molar-refractivity contribution in [1.29, 1.82) is 0 Å². The Balaban J connectivity index is 1.81. The summed E-state index contributed by atoms with van der Waals surface area (Å²) in [5, 5.41) is 11.2. The maximum Gasteiger partial charge on any atom is 0.119 e. The lowest BCUT2D eigenvalue weighted by Crippen LogP contribution is -2.27. The van der Waals surface area contributed by atoms with Gasteiger partial charge in [-0.25, -0.2) is 0 Å². The molecular weight excluding hydrogens is 342 g/mol. The van der Waals surface area contributed by atoms with Crippen LogP contribution in [0.3, 0.4) is 0 Å². The molecule has 1 unspecified atom stereocenters. The van der Waals surface area contributed by atoms with Gasteiger partial charge in [-0.1, -0.05) is 103 Å². The summed E-state index contributed by atoms with van der Waals surface area (Å²) in [7, 11) is 0. The molecule has 0 aliphatic carbocycles. The Kier molecular flexibility index (Phi) is 5.51. The molecule has 28 heavy (non-hydrogen) atoms. The Morgan fingerprint density at radius 2 is 1.07 bits per heavy atom. The smallest absolute Gasteiger partial charge is 0.119 e. The maximum atomic E-state index is 11.2. The molecule has 3 aromatic rings. The van der Waals surface area contributed by atoms with E-state index in [2.05, 4.69) is 53.4 Å². The molecule has 138 valence electrons. The molecule has 1 heterocycles. The third-order valence-corrected chi connectivity index (χ3v) is 4.94. The summed E-state index contributed by atoms with van der Waals surface area (Å²) in [5.41, 5.74) is 4.06. The SMILES string of the molecule is OC(C1=CC=CC=CN1C(c1ccccc1)c1ccccc1)c1ccccc1. The van der Waals surface area contributed by atoms with Gasteiger partial charge in [-0.15, -0.1) is 0 Å². The van der Waals surface area contributed by atoms with Crippen LogP contribution in [0.25, 0.3) is 0 Å². The summed E-state index contributed by atoms with van der Waals surface area (Å²) < 4.78 is 0. The predicted octanol–water partition coefficient (Wildman–Crippen LogP) is 5.78. The Bertz CT molecular complexity index is 935. The lowest BCUT2D eigenvalue weighted by molar-refractivity contribution is 0.172. The quantitative estimate of drug-likeness (QED) is 0.619. The Morgan fingerprint density at radius 3 is 1.61 bits per heavy atom. The average Bonchev–Trinajstić information content (AvgIpc) is 3.02. The molecule has 1 atom stereocenters. The number of aliphatic hydroxyl groups is 1. The standard InChI is InChI=1S/C26H23NO/c28-26(23-17-9-3-10-18-23)24-19-11-4-12-20-27(24)25(21-13-5-1-6-14-21)22-15-7-2-8-16-22/h1-20,25-26,28H. The normalized spacial score (nSPS) is 14.6. The summed E-state index contributed by atoms with van der Waals surface area (Å²) in [6, 6.07) is 30.6. The van der Waals surface area contributed by atoms with E-state index < -0.39 is 6.10 Å². The molecule has 2 heteroatoms. The molecule has 3 aromatic carbocycles. The van der Waals surface area contributed by atoms with Gasteiger partial charge in [0.05, 0.1) is 11.7 Å². The first-order chi connectivity index (χ1) is 13.8. The number of nitrogens with zero attached hydrogens (tertiary/aromatic N) is 1. The minimum Gasteiger partial charge on any atom is -0.382 e. The van der Waals surface area contributed by atoms with Crippen LogP contribution in [0, 0.1) is 0 Å². The van der Waals surface area contributed by atoms with Gasteiger partial charge in [0.2, 0.25) is 0 Å². The molecule has 1 aliphatic heterocycles. The fraction of sp³-hybridized carbons (Fsp3) is 0.0769. The minimum atomic E-state index is -0.719. The van der Waals surface area contributed by atoms with Crippen molar-refractivity contribution in [1.82, 2.24) is 4.90 Å². The van der Waals surface area contributed by atoms with Crippen molar-refractivity contribution in [3.8, 4) is 0 Å². The number of benzene rings is 3. The van der Waals surface area contributed by atoms with Gasteiger partial charge in [0.1, 0.15) is 6.10 Å². The first-order valence-corrected chi connectivity index (χ1v) is 9.51. The van der Waals surface area contributed by atoms with Gasteiger partial charge in [-0.2, -0.15) is 0 Å². The molecular formula is C26H23NO. The lowest BCUT2D eigenvalue weighted by Gasteiger charge is -2.35. The zero-order valence-corrected chi connectivity index (χ0v) is 15.6. The molecule has 1 N–H and O–H groups in total. The molecule has 1 aliphatic rings. The highest BCUT2D eigenvalue weighted by atomic mass is 16.3. The largest absolute Gasteiger partial charge is 0.382 e. The van der Waals surface area contributed by atoms with E-state index in [9.17, 15) is 5.11 Å². The minimum absolute atomic E-state index is 0.0387. The second-order valence-corrected chi connectivity index (χ2v) is 6.76. The van der Waals surface area contributed by atoms with E-state index in [0.29, 0.717) is 0 Å². The summed E-state index contributed by atoms with van der Waals surface area (Å²) in [6.45, 7) is 0. The zero-order chi connectivity index (χ0) is 19.2. The van der Waals surface area contributed by atoms with E-state index in [0.717, 1.165) is 11.3 Å². The van der Waals surface area contributed by atoms with Crippen molar-refractivity contribution in [3.63, 3.8) is 0 Å². The summed E-state index contributed by atoms with van der Waals surface area (Å²) in [4.78, 5) is 2.17. The molecule has 0 amide bonds. The van der Waals surface area contributed by atoms with Crippen LogP contribution in [0.1, 0.15) is 28.8 Å². The second kappa shape index (κ2) is 8.55. The van der Waals surface area contributed by atoms with Gasteiger partial charge in [0.25, 0.3) is 0 Å². The molecule has 0 saturated heterocycles. The third kappa shape index (κ3) is 3.83. The average molecular weight is 365 g/mol. The highest BCUT2D eigenvalue weighted by molar-refractivity contribution is 5.38. The van der Waals surface area contributed by atoms with Crippen molar-refractivity contribution in [2.24, 2.45) is 0 Å². The molecule has 0 bridgehead atoms. The highest BCUT2D eigenvalue weighted by Crippen LogP contribution is 2.37. The van der Waals surface area contributed by atoms with E-state index in [-0.39, 0.29) is 6.04 Å². The van der Waals surface area contributed by atoms with Gasteiger partial charge >= 0.3 is 0 Å². The number of allylic oxidation sites excluding steroid dienone is 4. The molecule has 0 aromatic heterocycles. The third-order valence-electron chi connectivity index (χ3n) is 4.94. The Morgan fingerprint density at radius 1 is 0.571 bits per heavy atom. The summed E-state index contributed by atoms with van der Waals surface area (Å²) in [6.07, 6.45) is 9.31. The molecule has 0 spiro atoms. The van der Waals surface area contributed by atoms with E-state index >= 15 is 0 Å². The number of rotatable bonds is 5. The highest BCUT2D eigenvalue weighted by Gasteiger charge is 2.27. The summed E-state index contributed by atoms with van der Waals surface area (Å²) >= 11 is 0. The number of hydrogen-bond acceptors (Lipinski definition) is 2. The van der Waals surface area contributed by atoms with E-state index in [1.54, 1.807) is 0 Å². The first-order valence-electron chi connectivity index (χ1n) is 9.51. The van der Waals surface area contributed by atoms with Gasteiger partial charge < -0.3 is 10.0 Å². The van der Waals surface area contributed by atoms with Crippen molar-refractivity contribution >= 4 is 0 Å². The van der Waals surface area contributed by atoms with E-state index in [1.807, 2.05) is 73.0 Å².